The normalized spacial score (nSPS) is 11.8. The maximum atomic E-state index is 13.1. The number of furan rings is 1. The fourth-order valence-electron chi connectivity index (χ4n) is 4.67. The summed E-state index contributed by atoms with van der Waals surface area (Å²) in [5.41, 5.74) is 1.14. The van der Waals surface area contributed by atoms with Crippen molar-refractivity contribution in [1.82, 2.24) is 9.88 Å². The number of rotatable bonds is 9. The molecule has 1 atom stereocenters. The molecule has 8 nitrogen and oxygen atoms in total. The van der Waals surface area contributed by atoms with Gasteiger partial charge in [-0.05, 0) is 72.6 Å². The molecular weight excluding hydrogens is 650 g/mol. The van der Waals surface area contributed by atoms with Gasteiger partial charge < -0.3 is 19.4 Å². The second-order valence-electron chi connectivity index (χ2n) is 10.0. The van der Waals surface area contributed by atoms with E-state index in [2.05, 4.69) is 5.32 Å². The molecule has 0 fully saturated rings. The first-order chi connectivity index (χ1) is 20.9. The highest BCUT2D eigenvalue weighted by Gasteiger charge is 2.21. The van der Waals surface area contributed by atoms with Gasteiger partial charge in [0.1, 0.15) is 11.3 Å². The van der Waals surface area contributed by atoms with Crippen LogP contribution in [0.3, 0.4) is 0 Å². The average molecular weight is 672 g/mol. The van der Waals surface area contributed by atoms with Gasteiger partial charge in [-0.25, -0.2) is 4.79 Å². The lowest BCUT2D eigenvalue weighted by Crippen LogP contribution is -2.39. The third-order valence-electron chi connectivity index (χ3n) is 6.95. The highest BCUT2D eigenvalue weighted by Crippen LogP contribution is 2.31. The number of aromatic nitrogens is 1. The van der Waals surface area contributed by atoms with Crippen molar-refractivity contribution in [2.45, 2.75) is 25.9 Å². The Morgan fingerprint density at radius 3 is 2.34 bits per heavy atom. The van der Waals surface area contributed by atoms with Gasteiger partial charge in [0.25, 0.3) is 5.91 Å². The monoisotopic (exact) mass is 670 g/mol. The van der Waals surface area contributed by atoms with Crippen LogP contribution in [0.1, 0.15) is 39.0 Å². The smallest absolute Gasteiger partial charge is 0.341 e. The van der Waals surface area contributed by atoms with Crippen LogP contribution in [0.15, 0.2) is 82.1 Å². The maximum Gasteiger partial charge on any atom is 0.341 e. The number of aromatic carboxylic acids is 1. The molecule has 44 heavy (non-hydrogen) atoms. The molecule has 2 N–H and O–H groups in total. The van der Waals surface area contributed by atoms with Crippen LogP contribution >= 0.6 is 46.4 Å². The Morgan fingerprint density at radius 1 is 0.886 bits per heavy atom. The molecule has 0 aliphatic carbocycles. The molecule has 12 heteroatoms. The van der Waals surface area contributed by atoms with Gasteiger partial charge in [0, 0.05) is 35.1 Å². The van der Waals surface area contributed by atoms with Gasteiger partial charge in [-0.2, -0.15) is 0 Å². The predicted octanol–water partition coefficient (Wildman–Crippen LogP) is 7.55. The number of halogens is 4. The molecule has 0 spiro atoms. The van der Waals surface area contributed by atoms with E-state index in [1.165, 1.54) is 25.3 Å². The van der Waals surface area contributed by atoms with Crippen molar-refractivity contribution in [3.05, 3.63) is 126 Å². The Labute approximate surface area is 270 Å². The van der Waals surface area contributed by atoms with Crippen molar-refractivity contribution in [1.29, 1.82) is 0 Å². The number of amides is 1. The number of hydrogen-bond acceptors (Lipinski definition) is 5. The zero-order valence-electron chi connectivity index (χ0n) is 22.9. The van der Waals surface area contributed by atoms with E-state index >= 15 is 0 Å². The minimum absolute atomic E-state index is 0.0138. The summed E-state index contributed by atoms with van der Waals surface area (Å²) in [7, 11) is 0. The van der Waals surface area contributed by atoms with Crippen molar-refractivity contribution in [3.8, 4) is 11.3 Å². The number of nitrogens with one attached hydrogen (secondary N) is 1. The standard InChI is InChI=1S/C32H22Cl4N2O6/c1-16(37-31(41)29-9-8-28(44-29)20-5-4-19(33)13-24(20)35)27(39)12-17-3-7-26-21(10-17)30(40)22(32(42)43)15-38(26)14-18-2-6-23(34)25(36)11-18/h2-11,13,15-16H,12,14H2,1H3,(H,37,41)(H,42,43)/t16-/m0/s1. The largest absolute Gasteiger partial charge is 0.477 e. The lowest BCUT2D eigenvalue weighted by atomic mass is 10.0. The first-order valence-corrected chi connectivity index (χ1v) is 14.6. The van der Waals surface area contributed by atoms with Crippen LogP contribution in [0, 0.1) is 0 Å². The maximum absolute atomic E-state index is 13.1. The molecule has 3 aromatic carbocycles. The molecule has 2 heterocycles. The van der Waals surface area contributed by atoms with Gasteiger partial charge in [-0.1, -0.05) is 58.5 Å². The van der Waals surface area contributed by atoms with Crippen LogP contribution in [0.4, 0.5) is 0 Å². The van der Waals surface area contributed by atoms with Crippen LogP contribution < -0.4 is 10.7 Å². The summed E-state index contributed by atoms with van der Waals surface area (Å²) >= 11 is 24.3. The highest BCUT2D eigenvalue weighted by atomic mass is 35.5. The van der Waals surface area contributed by atoms with Crippen molar-refractivity contribution in [2.75, 3.05) is 0 Å². The summed E-state index contributed by atoms with van der Waals surface area (Å²) < 4.78 is 7.29. The van der Waals surface area contributed by atoms with Gasteiger partial charge in [-0.3, -0.25) is 14.4 Å². The molecular formula is C32H22Cl4N2O6. The highest BCUT2D eigenvalue weighted by molar-refractivity contribution is 6.42. The Kier molecular flexibility index (Phi) is 9.18. The Hall–Kier alpha value is -4.08. The molecule has 5 aromatic rings. The van der Waals surface area contributed by atoms with Gasteiger partial charge >= 0.3 is 5.97 Å². The molecule has 0 aliphatic heterocycles. The first kappa shape index (κ1) is 31.3. The fraction of sp³-hybridized carbons (Fsp3) is 0.125. The quantitative estimate of drug-likeness (QED) is 0.167. The molecule has 0 saturated heterocycles. The minimum atomic E-state index is -1.38. The van der Waals surface area contributed by atoms with Crippen LogP contribution in [0.25, 0.3) is 22.2 Å². The second kappa shape index (κ2) is 12.9. The van der Waals surface area contributed by atoms with E-state index in [0.29, 0.717) is 42.5 Å². The van der Waals surface area contributed by atoms with Gasteiger partial charge in [0.2, 0.25) is 5.43 Å². The van der Waals surface area contributed by atoms with Gasteiger partial charge in [-0.15, -0.1) is 0 Å². The number of fused-ring (bicyclic) bond motifs is 1. The third kappa shape index (κ3) is 6.69. The van der Waals surface area contributed by atoms with E-state index in [0.717, 1.165) is 5.56 Å². The summed E-state index contributed by atoms with van der Waals surface area (Å²) in [4.78, 5) is 50.9. The molecule has 224 valence electrons. The fourth-order valence-corrected chi connectivity index (χ4v) is 5.49. The summed E-state index contributed by atoms with van der Waals surface area (Å²) in [6.07, 6.45) is 1.16. The van der Waals surface area contributed by atoms with Crippen molar-refractivity contribution >= 4 is 75.0 Å². The predicted molar refractivity (Wildman–Crippen MR) is 171 cm³/mol. The van der Waals surface area contributed by atoms with Gasteiger partial charge in [0.05, 0.1) is 26.6 Å². The number of carbonyl (C=O) groups is 3. The van der Waals surface area contributed by atoms with Crippen molar-refractivity contribution in [2.24, 2.45) is 0 Å². The van der Waals surface area contributed by atoms with Crippen LogP contribution in [-0.2, 0) is 17.8 Å². The molecule has 0 aliphatic rings. The Bertz CT molecular complexity index is 2020. The van der Waals surface area contributed by atoms with Crippen molar-refractivity contribution < 1.29 is 23.9 Å². The third-order valence-corrected chi connectivity index (χ3v) is 8.23. The number of carboxylic acids is 1. The molecule has 5 rings (SSSR count). The number of nitrogens with zero attached hydrogens (tertiary/aromatic N) is 1. The first-order valence-electron chi connectivity index (χ1n) is 13.1. The second-order valence-corrected chi connectivity index (χ2v) is 11.7. The molecule has 0 radical (unpaired) electrons. The number of hydrogen-bond donors (Lipinski definition) is 2. The number of carbonyl (C=O) groups excluding carboxylic acids is 2. The van der Waals surface area contributed by atoms with Gasteiger partial charge in [0.15, 0.2) is 11.5 Å². The van der Waals surface area contributed by atoms with E-state index in [4.69, 9.17) is 50.8 Å². The molecule has 0 unspecified atom stereocenters. The van der Waals surface area contributed by atoms with E-state index in [1.54, 1.807) is 59.2 Å². The summed E-state index contributed by atoms with van der Waals surface area (Å²) in [6.45, 7) is 1.75. The topological polar surface area (TPSA) is 119 Å². The van der Waals surface area contributed by atoms with E-state index in [-0.39, 0.29) is 29.9 Å². The SMILES string of the molecule is C[C@H](NC(=O)c1ccc(-c2ccc(Cl)cc2Cl)o1)C(=O)Cc1ccc2c(c1)c(=O)c(C(=O)O)cn2Cc1ccc(Cl)c(Cl)c1. The molecule has 0 saturated carbocycles. The van der Waals surface area contributed by atoms with E-state index in [1.807, 2.05) is 0 Å². The lowest BCUT2D eigenvalue weighted by Gasteiger charge is -2.15. The number of ketones is 1. The zero-order valence-corrected chi connectivity index (χ0v) is 25.9. The summed E-state index contributed by atoms with van der Waals surface area (Å²) in [6, 6.07) is 16.9. The summed E-state index contributed by atoms with van der Waals surface area (Å²) in [5, 5.41) is 14.0. The van der Waals surface area contributed by atoms with Crippen LogP contribution in [0.5, 0.6) is 0 Å². The minimum Gasteiger partial charge on any atom is -0.477 e. The number of carboxylic acid groups (broad SMARTS) is 1. The summed E-state index contributed by atoms with van der Waals surface area (Å²) in [5.74, 6) is -1.97. The van der Waals surface area contributed by atoms with E-state index in [9.17, 15) is 24.3 Å². The number of Topliss-reactive ketones (excluding diaryl/α,β-unsaturated/α-hetero) is 1. The van der Waals surface area contributed by atoms with Crippen LogP contribution in [0.2, 0.25) is 20.1 Å². The molecule has 1 amide bonds. The molecule has 0 bridgehead atoms. The van der Waals surface area contributed by atoms with Crippen LogP contribution in [-0.4, -0.2) is 33.4 Å². The Balaban J connectivity index is 1.34. The Morgan fingerprint density at radius 2 is 1.64 bits per heavy atom. The average Bonchev–Trinajstić information content (AvgIpc) is 3.46. The van der Waals surface area contributed by atoms with Crippen molar-refractivity contribution in [3.63, 3.8) is 0 Å². The zero-order chi connectivity index (χ0) is 31.7. The lowest BCUT2D eigenvalue weighted by molar-refractivity contribution is -0.119. The van der Waals surface area contributed by atoms with E-state index < -0.39 is 28.9 Å². The number of benzene rings is 3. The molecule has 2 aromatic heterocycles. The number of pyridine rings is 1.